The van der Waals surface area contributed by atoms with E-state index in [9.17, 15) is 0 Å². The highest BCUT2D eigenvalue weighted by molar-refractivity contribution is 5.50. The van der Waals surface area contributed by atoms with Gasteiger partial charge >= 0.3 is 0 Å². The second kappa shape index (κ2) is 7.10. The molecular formula is C14H20O. The molecule has 0 unspecified atom stereocenters. The van der Waals surface area contributed by atoms with Crippen molar-refractivity contribution < 1.29 is 4.74 Å². The predicted molar refractivity (Wildman–Crippen MR) is 66.2 cm³/mol. The van der Waals surface area contributed by atoms with E-state index < -0.39 is 0 Å². The third-order valence-corrected chi connectivity index (χ3v) is 2.40. The van der Waals surface area contributed by atoms with Crippen LogP contribution < -0.4 is 4.74 Å². The summed E-state index contributed by atoms with van der Waals surface area (Å²) < 4.78 is 5.10. The van der Waals surface area contributed by atoms with Crippen LogP contribution >= 0.6 is 0 Å². The summed E-state index contributed by atoms with van der Waals surface area (Å²) in [6.07, 6.45) is 9.51. The highest BCUT2D eigenvalue weighted by Gasteiger charge is 1.89. The maximum atomic E-state index is 5.10. The molecule has 0 heterocycles. The molecule has 15 heavy (non-hydrogen) atoms. The first kappa shape index (κ1) is 11.8. The molecule has 82 valence electrons. The van der Waals surface area contributed by atoms with E-state index in [4.69, 9.17) is 4.74 Å². The lowest BCUT2D eigenvalue weighted by Gasteiger charge is -1.99. The summed E-state index contributed by atoms with van der Waals surface area (Å²) in [4.78, 5) is 0. The molecule has 1 aromatic carbocycles. The molecule has 1 heteroatoms. The Morgan fingerprint density at radius 2 is 1.87 bits per heavy atom. The Labute approximate surface area is 92.8 Å². The molecule has 0 saturated heterocycles. The van der Waals surface area contributed by atoms with Crippen LogP contribution in [-0.4, -0.2) is 7.11 Å². The van der Waals surface area contributed by atoms with Crippen LogP contribution in [0.3, 0.4) is 0 Å². The quantitative estimate of drug-likeness (QED) is 0.628. The topological polar surface area (TPSA) is 9.23 Å². The van der Waals surface area contributed by atoms with Crippen molar-refractivity contribution in [2.45, 2.75) is 32.6 Å². The highest BCUT2D eigenvalue weighted by Crippen LogP contribution is 2.12. The third kappa shape index (κ3) is 4.68. The van der Waals surface area contributed by atoms with Crippen LogP contribution in [-0.2, 0) is 0 Å². The van der Waals surface area contributed by atoms with Crippen LogP contribution in [0.5, 0.6) is 5.75 Å². The van der Waals surface area contributed by atoms with Crippen molar-refractivity contribution in [3.63, 3.8) is 0 Å². The second-order valence-electron chi connectivity index (χ2n) is 3.67. The molecule has 0 saturated carbocycles. The third-order valence-electron chi connectivity index (χ3n) is 2.40. The van der Waals surface area contributed by atoms with Crippen molar-refractivity contribution >= 4 is 6.08 Å². The van der Waals surface area contributed by atoms with Crippen LogP contribution in [0, 0.1) is 0 Å². The Morgan fingerprint density at radius 1 is 1.13 bits per heavy atom. The number of hydrogen-bond acceptors (Lipinski definition) is 1. The van der Waals surface area contributed by atoms with Gasteiger partial charge in [-0.15, -0.1) is 0 Å². The van der Waals surface area contributed by atoms with E-state index in [1.165, 1.54) is 31.2 Å². The molecule has 0 fully saturated rings. The number of hydrogen-bond donors (Lipinski definition) is 0. The number of unbranched alkanes of at least 4 members (excludes halogenated alkanes) is 3. The zero-order valence-corrected chi connectivity index (χ0v) is 9.70. The summed E-state index contributed by atoms with van der Waals surface area (Å²) in [5.41, 5.74) is 1.24. The van der Waals surface area contributed by atoms with Crippen molar-refractivity contribution in [1.29, 1.82) is 0 Å². The van der Waals surface area contributed by atoms with E-state index in [2.05, 4.69) is 31.2 Å². The molecular weight excluding hydrogens is 184 g/mol. The fraction of sp³-hybridized carbons (Fsp3) is 0.429. The number of benzene rings is 1. The van der Waals surface area contributed by atoms with Crippen LogP contribution in [0.4, 0.5) is 0 Å². The van der Waals surface area contributed by atoms with Crippen LogP contribution in [0.2, 0.25) is 0 Å². The molecule has 0 aromatic heterocycles. The van der Waals surface area contributed by atoms with Crippen LogP contribution in [0.25, 0.3) is 6.08 Å². The number of methoxy groups -OCH3 is 1. The Bertz CT molecular complexity index is 285. The fourth-order valence-electron chi connectivity index (χ4n) is 1.45. The van der Waals surface area contributed by atoms with Gasteiger partial charge in [0.2, 0.25) is 0 Å². The monoisotopic (exact) mass is 204 g/mol. The Morgan fingerprint density at radius 3 is 2.47 bits per heavy atom. The summed E-state index contributed by atoms with van der Waals surface area (Å²) in [7, 11) is 1.69. The summed E-state index contributed by atoms with van der Waals surface area (Å²) in [6.45, 7) is 2.23. The fourth-order valence-corrected chi connectivity index (χ4v) is 1.45. The molecule has 0 aliphatic rings. The van der Waals surface area contributed by atoms with Crippen LogP contribution in [0.1, 0.15) is 38.2 Å². The average molecular weight is 204 g/mol. The standard InChI is InChI=1S/C14H20O/c1-3-4-5-6-7-8-13-9-11-14(15-2)12-10-13/h7-12H,3-6H2,1-2H3/b8-7+. The van der Waals surface area contributed by atoms with E-state index in [-0.39, 0.29) is 0 Å². The maximum Gasteiger partial charge on any atom is 0.118 e. The number of ether oxygens (including phenoxy) is 1. The smallest absolute Gasteiger partial charge is 0.118 e. The molecule has 0 radical (unpaired) electrons. The first-order chi connectivity index (χ1) is 7.36. The number of allylic oxidation sites excluding steroid dienone is 1. The molecule has 0 bridgehead atoms. The largest absolute Gasteiger partial charge is 0.497 e. The van der Waals surface area contributed by atoms with Gasteiger partial charge in [-0.05, 0) is 30.5 Å². The molecule has 0 amide bonds. The Balaban J connectivity index is 2.36. The van der Waals surface area contributed by atoms with Gasteiger partial charge in [0.05, 0.1) is 7.11 Å². The van der Waals surface area contributed by atoms with Gasteiger partial charge in [0.1, 0.15) is 5.75 Å². The van der Waals surface area contributed by atoms with Crippen molar-refractivity contribution in [2.75, 3.05) is 7.11 Å². The summed E-state index contributed by atoms with van der Waals surface area (Å²) in [6, 6.07) is 8.14. The molecule has 0 aliphatic heterocycles. The van der Waals surface area contributed by atoms with E-state index in [1.54, 1.807) is 7.11 Å². The minimum atomic E-state index is 0.915. The lowest BCUT2D eigenvalue weighted by atomic mass is 10.1. The maximum absolute atomic E-state index is 5.10. The first-order valence-corrected chi connectivity index (χ1v) is 5.67. The van der Waals surface area contributed by atoms with Crippen LogP contribution in [0.15, 0.2) is 30.3 Å². The minimum absolute atomic E-state index is 0.915. The van der Waals surface area contributed by atoms with Gasteiger partial charge in [-0.2, -0.15) is 0 Å². The van der Waals surface area contributed by atoms with Gasteiger partial charge in [0, 0.05) is 0 Å². The molecule has 1 aromatic rings. The van der Waals surface area contributed by atoms with Gasteiger partial charge in [0.15, 0.2) is 0 Å². The normalized spacial score (nSPS) is 10.8. The molecule has 0 aliphatic carbocycles. The second-order valence-corrected chi connectivity index (χ2v) is 3.67. The molecule has 1 nitrogen and oxygen atoms in total. The van der Waals surface area contributed by atoms with Gasteiger partial charge in [-0.25, -0.2) is 0 Å². The Kier molecular flexibility index (Phi) is 5.60. The lowest BCUT2D eigenvalue weighted by molar-refractivity contribution is 0.415. The predicted octanol–water partition coefficient (Wildman–Crippen LogP) is 4.29. The Hall–Kier alpha value is -1.24. The van der Waals surface area contributed by atoms with E-state index in [0.29, 0.717) is 0 Å². The zero-order valence-electron chi connectivity index (χ0n) is 9.70. The van der Waals surface area contributed by atoms with E-state index >= 15 is 0 Å². The van der Waals surface area contributed by atoms with Gasteiger partial charge in [-0.1, -0.05) is 44.1 Å². The molecule has 1 rings (SSSR count). The van der Waals surface area contributed by atoms with Crippen molar-refractivity contribution in [1.82, 2.24) is 0 Å². The van der Waals surface area contributed by atoms with E-state index in [0.717, 1.165) is 5.75 Å². The SMILES string of the molecule is CCCCC/C=C/c1ccc(OC)cc1. The molecule has 0 atom stereocenters. The summed E-state index contributed by atoms with van der Waals surface area (Å²) in [5, 5.41) is 0. The van der Waals surface area contributed by atoms with Crippen molar-refractivity contribution in [2.24, 2.45) is 0 Å². The summed E-state index contributed by atoms with van der Waals surface area (Å²) in [5.74, 6) is 0.915. The summed E-state index contributed by atoms with van der Waals surface area (Å²) >= 11 is 0. The number of rotatable bonds is 6. The molecule has 0 N–H and O–H groups in total. The van der Waals surface area contributed by atoms with Gasteiger partial charge in [-0.3, -0.25) is 0 Å². The average Bonchev–Trinajstić information content (AvgIpc) is 2.30. The van der Waals surface area contributed by atoms with E-state index in [1.807, 2.05) is 12.1 Å². The zero-order chi connectivity index (χ0) is 10.9. The van der Waals surface area contributed by atoms with Gasteiger partial charge in [0.25, 0.3) is 0 Å². The highest BCUT2D eigenvalue weighted by atomic mass is 16.5. The minimum Gasteiger partial charge on any atom is -0.497 e. The van der Waals surface area contributed by atoms with Gasteiger partial charge < -0.3 is 4.74 Å². The lowest BCUT2D eigenvalue weighted by Crippen LogP contribution is -1.81. The van der Waals surface area contributed by atoms with Crippen molar-refractivity contribution in [3.05, 3.63) is 35.9 Å². The van der Waals surface area contributed by atoms with Crippen molar-refractivity contribution in [3.8, 4) is 5.75 Å². The first-order valence-electron chi connectivity index (χ1n) is 5.67. The molecule has 0 spiro atoms.